The van der Waals surface area contributed by atoms with Crippen LogP contribution in [0.15, 0.2) is 24.3 Å². The molecule has 1 fully saturated rings. The summed E-state index contributed by atoms with van der Waals surface area (Å²) in [6.07, 6.45) is 2.14. The number of benzene rings is 1. The maximum atomic E-state index is 12.8. The van der Waals surface area contributed by atoms with Gasteiger partial charge in [-0.15, -0.1) is 0 Å². The second-order valence-corrected chi connectivity index (χ2v) is 4.85. The van der Waals surface area contributed by atoms with E-state index >= 15 is 0 Å². The van der Waals surface area contributed by atoms with E-state index in [1.54, 1.807) is 12.1 Å². The number of ketones is 1. The maximum absolute atomic E-state index is 12.8. The molecule has 0 spiro atoms. The summed E-state index contributed by atoms with van der Waals surface area (Å²) in [5.74, 6) is 0.0849. The fraction of sp³-hybridized carbons (Fsp3) is 0.500. The van der Waals surface area contributed by atoms with E-state index in [-0.39, 0.29) is 23.6 Å². The molecular formula is C14H19FN2O. The zero-order chi connectivity index (χ0) is 13.0. The molecule has 0 bridgehead atoms. The summed E-state index contributed by atoms with van der Waals surface area (Å²) in [6, 6.07) is 5.73. The van der Waals surface area contributed by atoms with Gasteiger partial charge in [0.25, 0.3) is 0 Å². The van der Waals surface area contributed by atoms with Crippen LogP contribution in [0, 0.1) is 11.7 Å². The summed E-state index contributed by atoms with van der Waals surface area (Å²) in [7, 11) is 0. The summed E-state index contributed by atoms with van der Waals surface area (Å²) in [6.45, 7) is 1.81. The van der Waals surface area contributed by atoms with E-state index in [1.807, 2.05) is 0 Å². The third-order valence-electron chi connectivity index (χ3n) is 3.51. The highest BCUT2D eigenvalue weighted by Crippen LogP contribution is 2.21. The van der Waals surface area contributed by atoms with Crippen LogP contribution in [-0.2, 0) is 4.79 Å². The molecule has 1 aliphatic rings. The van der Waals surface area contributed by atoms with Crippen molar-refractivity contribution in [1.82, 2.24) is 5.32 Å². The Morgan fingerprint density at radius 3 is 2.56 bits per heavy atom. The van der Waals surface area contributed by atoms with Crippen LogP contribution >= 0.6 is 0 Å². The van der Waals surface area contributed by atoms with Gasteiger partial charge in [0.15, 0.2) is 0 Å². The average molecular weight is 250 g/mol. The first-order valence-electron chi connectivity index (χ1n) is 6.41. The van der Waals surface area contributed by atoms with Crippen LogP contribution in [0.4, 0.5) is 4.39 Å². The molecule has 3 N–H and O–H groups in total. The minimum absolute atomic E-state index is 0.137. The lowest BCUT2D eigenvalue weighted by atomic mass is 9.89. The highest BCUT2D eigenvalue weighted by atomic mass is 19.1. The Bertz CT molecular complexity index is 399. The average Bonchev–Trinajstić information content (AvgIpc) is 2.40. The molecule has 0 aromatic heterocycles. The van der Waals surface area contributed by atoms with Crippen molar-refractivity contribution >= 4 is 5.78 Å². The second-order valence-electron chi connectivity index (χ2n) is 4.85. The van der Waals surface area contributed by atoms with Gasteiger partial charge in [0.1, 0.15) is 11.6 Å². The van der Waals surface area contributed by atoms with E-state index in [2.05, 4.69) is 5.32 Å². The molecule has 1 aromatic carbocycles. The van der Waals surface area contributed by atoms with Crippen molar-refractivity contribution in [3.8, 4) is 0 Å². The van der Waals surface area contributed by atoms with Crippen molar-refractivity contribution in [2.75, 3.05) is 13.1 Å². The molecule has 1 aliphatic heterocycles. The van der Waals surface area contributed by atoms with Crippen molar-refractivity contribution in [1.29, 1.82) is 0 Å². The van der Waals surface area contributed by atoms with Gasteiger partial charge < -0.3 is 11.1 Å². The van der Waals surface area contributed by atoms with Gasteiger partial charge >= 0.3 is 0 Å². The number of Topliss-reactive ketones (excluding diaryl/α,β-unsaturated/α-hetero) is 1. The third-order valence-corrected chi connectivity index (χ3v) is 3.51. The zero-order valence-corrected chi connectivity index (χ0v) is 10.4. The number of carbonyl (C=O) groups excluding carboxylic acids is 1. The van der Waals surface area contributed by atoms with Gasteiger partial charge in [0.2, 0.25) is 0 Å². The molecule has 0 aliphatic carbocycles. The molecule has 1 aromatic rings. The lowest BCUT2D eigenvalue weighted by Gasteiger charge is -2.22. The van der Waals surface area contributed by atoms with E-state index in [4.69, 9.17) is 5.73 Å². The Morgan fingerprint density at radius 1 is 1.33 bits per heavy atom. The fourth-order valence-corrected chi connectivity index (χ4v) is 2.36. The minimum atomic E-state index is -0.326. The first-order chi connectivity index (χ1) is 8.66. The monoisotopic (exact) mass is 250 g/mol. The molecular weight excluding hydrogens is 231 g/mol. The van der Waals surface area contributed by atoms with Crippen LogP contribution in [0.3, 0.4) is 0 Å². The summed E-state index contributed by atoms with van der Waals surface area (Å²) >= 11 is 0. The number of rotatable bonds is 4. The normalized spacial score (nSPS) is 18.6. The van der Waals surface area contributed by atoms with E-state index < -0.39 is 0 Å². The van der Waals surface area contributed by atoms with Crippen molar-refractivity contribution in [2.45, 2.75) is 25.3 Å². The topological polar surface area (TPSA) is 55.1 Å². The van der Waals surface area contributed by atoms with Crippen LogP contribution in [0.25, 0.3) is 0 Å². The van der Waals surface area contributed by atoms with Crippen LogP contribution in [0.5, 0.6) is 0 Å². The quantitative estimate of drug-likeness (QED) is 0.856. The van der Waals surface area contributed by atoms with Crippen molar-refractivity contribution in [3.05, 3.63) is 35.6 Å². The number of nitrogens with one attached hydrogen (secondary N) is 1. The van der Waals surface area contributed by atoms with E-state index in [0.717, 1.165) is 31.5 Å². The summed E-state index contributed by atoms with van der Waals surface area (Å²) in [5.41, 5.74) is 6.81. The number of piperidine rings is 1. The molecule has 3 nitrogen and oxygen atoms in total. The smallest absolute Gasteiger partial charge is 0.137 e. The van der Waals surface area contributed by atoms with Gasteiger partial charge in [-0.2, -0.15) is 0 Å². The Kier molecular flexibility index (Phi) is 4.44. The molecule has 18 heavy (non-hydrogen) atoms. The third kappa shape index (κ3) is 3.37. The summed E-state index contributed by atoms with van der Waals surface area (Å²) in [5, 5.41) is 3.24. The summed E-state index contributed by atoms with van der Waals surface area (Å²) in [4.78, 5) is 12.1. The molecule has 2 rings (SSSR count). The number of hydrogen-bond donors (Lipinski definition) is 2. The zero-order valence-electron chi connectivity index (χ0n) is 10.4. The lowest BCUT2D eigenvalue weighted by Crippen LogP contribution is -2.33. The van der Waals surface area contributed by atoms with Gasteiger partial charge in [-0.1, -0.05) is 12.1 Å². The summed E-state index contributed by atoms with van der Waals surface area (Å²) < 4.78 is 12.8. The van der Waals surface area contributed by atoms with Crippen LogP contribution < -0.4 is 11.1 Å². The number of carbonyl (C=O) groups is 1. The fourth-order valence-electron chi connectivity index (χ4n) is 2.36. The lowest BCUT2D eigenvalue weighted by molar-refractivity contribution is -0.124. The second kappa shape index (κ2) is 6.07. The number of nitrogens with two attached hydrogens (primary N) is 1. The van der Waals surface area contributed by atoms with Gasteiger partial charge in [0, 0.05) is 18.4 Å². The Morgan fingerprint density at radius 2 is 1.94 bits per heavy atom. The van der Waals surface area contributed by atoms with Crippen molar-refractivity contribution in [3.63, 3.8) is 0 Å². The molecule has 4 heteroatoms. The van der Waals surface area contributed by atoms with Gasteiger partial charge in [-0.05, 0) is 43.6 Å². The van der Waals surface area contributed by atoms with E-state index in [0.29, 0.717) is 6.42 Å². The van der Waals surface area contributed by atoms with Crippen LogP contribution in [-0.4, -0.2) is 18.9 Å². The molecule has 0 amide bonds. The predicted octanol–water partition coefficient (Wildman–Crippen LogP) is 1.78. The van der Waals surface area contributed by atoms with Crippen LogP contribution in [0.2, 0.25) is 0 Å². The molecule has 98 valence electrons. The van der Waals surface area contributed by atoms with Crippen LogP contribution in [0.1, 0.15) is 30.9 Å². The number of halogens is 1. The molecule has 1 atom stereocenters. The minimum Gasteiger partial charge on any atom is -0.324 e. The molecule has 1 saturated heterocycles. The SMILES string of the molecule is N[C@H](CC(=O)C1CCNCC1)c1ccc(F)cc1. The van der Waals surface area contributed by atoms with E-state index in [1.165, 1.54) is 12.1 Å². The Hall–Kier alpha value is -1.26. The highest BCUT2D eigenvalue weighted by molar-refractivity contribution is 5.81. The Labute approximate surface area is 107 Å². The molecule has 0 radical (unpaired) electrons. The van der Waals surface area contributed by atoms with Gasteiger partial charge in [0.05, 0.1) is 0 Å². The van der Waals surface area contributed by atoms with Crippen molar-refractivity contribution < 1.29 is 9.18 Å². The highest BCUT2D eigenvalue weighted by Gasteiger charge is 2.22. The van der Waals surface area contributed by atoms with Gasteiger partial charge in [-0.25, -0.2) is 4.39 Å². The standard InChI is InChI=1S/C14H19FN2O/c15-12-3-1-10(2-4-12)13(16)9-14(18)11-5-7-17-8-6-11/h1-4,11,13,17H,5-9,16H2/t13-/m1/s1. The molecule has 1 heterocycles. The first-order valence-corrected chi connectivity index (χ1v) is 6.41. The Balaban J connectivity index is 1.91. The van der Waals surface area contributed by atoms with Crippen molar-refractivity contribution in [2.24, 2.45) is 11.7 Å². The molecule has 0 unspecified atom stereocenters. The predicted molar refractivity (Wildman–Crippen MR) is 68.5 cm³/mol. The molecule has 0 saturated carbocycles. The largest absolute Gasteiger partial charge is 0.324 e. The number of hydrogen-bond acceptors (Lipinski definition) is 3. The van der Waals surface area contributed by atoms with E-state index in [9.17, 15) is 9.18 Å². The van der Waals surface area contributed by atoms with Gasteiger partial charge in [-0.3, -0.25) is 4.79 Å². The first kappa shape index (κ1) is 13.2. The maximum Gasteiger partial charge on any atom is 0.137 e.